The maximum Gasteiger partial charge on any atom is 0.107 e. The van der Waals surface area contributed by atoms with Gasteiger partial charge >= 0.3 is 0 Å². The van der Waals surface area contributed by atoms with Gasteiger partial charge in [-0.2, -0.15) is 0 Å². The van der Waals surface area contributed by atoms with E-state index in [2.05, 4.69) is 5.32 Å². The van der Waals surface area contributed by atoms with Crippen molar-refractivity contribution in [1.29, 1.82) is 0 Å². The summed E-state index contributed by atoms with van der Waals surface area (Å²) < 4.78 is 0. The zero-order chi connectivity index (χ0) is 14.0. The van der Waals surface area contributed by atoms with Gasteiger partial charge in [-0.05, 0) is 30.7 Å². The summed E-state index contributed by atoms with van der Waals surface area (Å²) in [5.41, 5.74) is 8.94. The second kappa shape index (κ2) is 5.78. The molecule has 0 aliphatic rings. The third kappa shape index (κ3) is 3.00. The lowest BCUT2D eigenvalue weighted by molar-refractivity contribution is 1.42. The molecule has 2 rings (SSSR count). The number of hydrogen-bond donors (Lipinski definition) is 2. The molecule has 19 heavy (non-hydrogen) atoms. The summed E-state index contributed by atoms with van der Waals surface area (Å²) in [6, 6.07) is 11.1. The summed E-state index contributed by atoms with van der Waals surface area (Å²) in [5.74, 6) is 0. The maximum atomic E-state index is 6.19. The predicted molar refractivity (Wildman–Crippen MR) is 86.8 cm³/mol. The van der Waals surface area contributed by atoms with Crippen molar-refractivity contribution in [2.45, 2.75) is 6.92 Å². The van der Waals surface area contributed by atoms with Crippen LogP contribution in [0.15, 0.2) is 36.4 Å². The maximum absolute atomic E-state index is 6.19. The number of benzene rings is 2. The highest BCUT2D eigenvalue weighted by Crippen LogP contribution is 2.32. The zero-order valence-corrected chi connectivity index (χ0v) is 12.5. The van der Waals surface area contributed by atoms with Crippen LogP contribution in [0, 0.1) is 6.92 Å². The lowest BCUT2D eigenvalue weighted by Gasteiger charge is -2.15. The van der Waals surface area contributed by atoms with Crippen LogP contribution in [0.5, 0.6) is 0 Å². The zero-order valence-electron chi connectivity index (χ0n) is 10.2. The summed E-state index contributed by atoms with van der Waals surface area (Å²) in [6.45, 7) is 1.97. The van der Waals surface area contributed by atoms with Gasteiger partial charge in [0.2, 0.25) is 0 Å². The Hall–Kier alpha value is -1.29. The number of aryl methyl sites for hydroxylation is 1. The lowest BCUT2D eigenvalue weighted by atomic mass is 10.1. The molecule has 0 fully saturated rings. The third-order valence-electron chi connectivity index (χ3n) is 2.74. The standard InChI is InChI=1S/C14H12Cl2N2S/c1-8-4-2-6-10(16)13(8)18-11-7-3-5-9(15)12(11)14(17)19/h2-7,18H,1H3,(H2,17,19). The minimum atomic E-state index is 0.248. The van der Waals surface area contributed by atoms with E-state index in [1.807, 2.05) is 37.3 Å². The van der Waals surface area contributed by atoms with E-state index < -0.39 is 0 Å². The number of nitrogens with two attached hydrogens (primary N) is 1. The minimum absolute atomic E-state index is 0.248. The quantitative estimate of drug-likeness (QED) is 0.808. The van der Waals surface area contributed by atoms with Crippen LogP contribution in [0.4, 0.5) is 11.4 Å². The van der Waals surface area contributed by atoms with Gasteiger partial charge in [-0.25, -0.2) is 0 Å². The largest absolute Gasteiger partial charge is 0.389 e. The van der Waals surface area contributed by atoms with Gasteiger partial charge in [0.15, 0.2) is 0 Å². The van der Waals surface area contributed by atoms with Gasteiger partial charge < -0.3 is 11.1 Å². The Morgan fingerprint density at radius 3 is 2.37 bits per heavy atom. The molecule has 0 amide bonds. The fourth-order valence-corrected chi connectivity index (χ4v) is 2.62. The Bertz CT molecular complexity index is 621. The molecular weight excluding hydrogens is 299 g/mol. The number of nitrogens with one attached hydrogen (secondary N) is 1. The first-order valence-electron chi connectivity index (χ1n) is 5.61. The number of anilines is 2. The number of halogens is 2. The number of rotatable bonds is 3. The SMILES string of the molecule is Cc1cccc(Cl)c1Nc1cccc(Cl)c1C(N)=S. The molecule has 2 aromatic carbocycles. The molecule has 0 saturated carbocycles. The summed E-state index contributed by atoms with van der Waals surface area (Å²) in [7, 11) is 0. The van der Waals surface area contributed by atoms with Crippen LogP contribution in [0.3, 0.4) is 0 Å². The molecule has 98 valence electrons. The molecule has 0 aromatic heterocycles. The van der Waals surface area contributed by atoms with Gasteiger partial charge in [0.05, 0.1) is 27.0 Å². The third-order valence-corrected chi connectivity index (χ3v) is 3.58. The van der Waals surface area contributed by atoms with Gasteiger partial charge in [0.1, 0.15) is 4.99 Å². The van der Waals surface area contributed by atoms with Gasteiger partial charge in [-0.1, -0.05) is 53.6 Å². The van der Waals surface area contributed by atoms with E-state index in [9.17, 15) is 0 Å². The molecule has 0 spiro atoms. The van der Waals surface area contributed by atoms with E-state index in [0.29, 0.717) is 15.6 Å². The molecule has 5 heteroatoms. The van der Waals surface area contributed by atoms with Crippen LogP contribution in [0.2, 0.25) is 10.0 Å². The van der Waals surface area contributed by atoms with E-state index in [-0.39, 0.29) is 4.99 Å². The van der Waals surface area contributed by atoms with Crippen molar-refractivity contribution in [3.05, 3.63) is 57.6 Å². The van der Waals surface area contributed by atoms with Gasteiger partial charge in [0.25, 0.3) is 0 Å². The van der Waals surface area contributed by atoms with Crippen LogP contribution < -0.4 is 11.1 Å². The first kappa shape index (κ1) is 14.1. The highest BCUT2D eigenvalue weighted by Gasteiger charge is 2.12. The molecule has 3 N–H and O–H groups in total. The second-order valence-corrected chi connectivity index (χ2v) is 5.34. The van der Waals surface area contributed by atoms with Crippen LogP contribution in [0.25, 0.3) is 0 Å². The van der Waals surface area contributed by atoms with Crippen molar-refractivity contribution >= 4 is 51.8 Å². The Balaban J connectivity index is 2.50. The molecule has 0 atom stereocenters. The molecule has 0 heterocycles. The van der Waals surface area contributed by atoms with Crippen molar-refractivity contribution in [2.75, 3.05) is 5.32 Å². The minimum Gasteiger partial charge on any atom is -0.389 e. The Kier molecular flexibility index (Phi) is 4.30. The summed E-state index contributed by atoms with van der Waals surface area (Å²) >= 11 is 17.4. The number of para-hydroxylation sites is 1. The van der Waals surface area contributed by atoms with Crippen molar-refractivity contribution in [3.63, 3.8) is 0 Å². The molecule has 0 radical (unpaired) electrons. The van der Waals surface area contributed by atoms with E-state index >= 15 is 0 Å². The Morgan fingerprint density at radius 2 is 1.74 bits per heavy atom. The monoisotopic (exact) mass is 310 g/mol. The molecule has 0 saturated heterocycles. The molecule has 0 aliphatic heterocycles. The van der Waals surface area contributed by atoms with Crippen LogP contribution in [-0.2, 0) is 0 Å². The molecular formula is C14H12Cl2N2S. The van der Waals surface area contributed by atoms with Gasteiger partial charge in [0, 0.05) is 0 Å². The van der Waals surface area contributed by atoms with E-state index in [0.717, 1.165) is 16.9 Å². The first-order chi connectivity index (χ1) is 9.00. The second-order valence-electron chi connectivity index (χ2n) is 4.08. The average molecular weight is 311 g/mol. The number of thiocarbonyl (C=S) groups is 1. The van der Waals surface area contributed by atoms with Crippen molar-refractivity contribution in [2.24, 2.45) is 5.73 Å². The van der Waals surface area contributed by atoms with Gasteiger partial charge in [-0.15, -0.1) is 0 Å². The molecule has 2 aromatic rings. The fourth-order valence-electron chi connectivity index (χ4n) is 1.80. The highest BCUT2D eigenvalue weighted by atomic mass is 35.5. The van der Waals surface area contributed by atoms with E-state index in [4.69, 9.17) is 41.2 Å². The fraction of sp³-hybridized carbons (Fsp3) is 0.0714. The highest BCUT2D eigenvalue weighted by molar-refractivity contribution is 7.80. The molecule has 0 aliphatic carbocycles. The topological polar surface area (TPSA) is 38.0 Å². The molecule has 0 bridgehead atoms. The van der Waals surface area contributed by atoms with Crippen LogP contribution in [-0.4, -0.2) is 4.99 Å². The van der Waals surface area contributed by atoms with Crippen molar-refractivity contribution < 1.29 is 0 Å². The van der Waals surface area contributed by atoms with Crippen LogP contribution >= 0.6 is 35.4 Å². The first-order valence-corrected chi connectivity index (χ1v) is 6.77. The number of hydrogen-bond acceptors (Lipinski definition) is 2. The Labute approximate surface area is 127 Å². The summed E-state index contributed by atoms with van der Waals surface area (Å²) in [6.07, 6.45) is 0. The molecule has 0 unspecified atom stereocenters. The van der Waals surface area contributed by atoms with Crippen molar-refractivity contribution in [3.8, 4) is 0 Å². The lowest BCUT2D eigenvalue weighted by Crippen LogP contribution is -2.13. The molecule has 2 nitrogen and oxygen atoms in total. The summed E-state index contributed by atoms with van der Waals surface area (Å²) in [4.78, 5) is 0.248. The average Bonchev–Trinajstić information content (AvgIpc) is 2.33. The van der Waals surface area contributed by atoms with Crippen LogP contribution in [0.1, 0.15) is 11.1 Å². The van der Waals surface area contributed by atoms with Gasteiger partial charge in [-0.3, -0.25) is 0 Å². The van der Waals surface area contributed by atoms with E-state index in [1.165, 1.54) is 0 Å². The summed E-state index contributed by atoms with van der Waals surface area (Å²) in [5, 5.41) is 4.40. The van der Waals surface area contributed by atoms with E-state index in [1.54, 1.807) is 6.07 Å². The van der Waals surface area contributed by atoms with Crippen molar-refractivity contribution in [1.82, 2.24) is 0 Å². The Morgan fingerprint density at radius 1 is 1.11 bits per heavy atom. The normalized spacial score (nSPS) is 10.3. The smallest absolute Gasteiger partial charge is 0.107 e. The predicted octanol–water partition coefficient (Wildman–Crippen LogP) is 4.68.